The van der Waals surface area contributed by atoms with Gasteiger partial charge in [0.25, 0.3) is 0 Å². The SMILES string of the molecule is C=Cc1cncc(-c2c(-c3ccc(C#N)cc3)nc(N3CCC(N(C)C)CC3)n3ccnc23)c1. The fourth-order valence-corrected chi connectivity index (χ4v) is 4.65. The normalized spacial score (nSPS) is 14.5. The Morgan fingerprint density at radius 1 is 1.12 bits per heavy atom. The second-order valence-electron chi connectivity index (χ2n) is 8.84. The van der Waals surface area contributed by atoms with E-state index in [4.69, 9.17) is 9.97 Å². The number of aromatic nitrogens is 4. The van der Waals surface area contributed by atoms with Gasteiger partial charge in [0.15, 0.2) is 0 Å². The van der Waals surface area contributed by atoms with Crippen molar-refractivity contribution in [3.05, 3.63) is 72.8 Å². The molecule has 34 heavy (non-hydrogen) atoms. The zero-order valence-corrected chi connectivity index (χ0v) is 19.5. The van der Waals surface area contributed by atoms with E-state index in [-0.39, 0.29) is 0 Å². The van der Waals surface area contributed by atoms with Gasteiger partial charge in [0.1, 0.15) is 5.65 Å². The third-order valence-electron chi connectivity index (χ3n) is 6.58. The van der Waals surface area contributed by atoms with Crippen LogP contribution in [-0.2, 0) is 0 Å². The predicted molar refractivity (Wildman–Crippen MR) is 135 cm³/mol. The van der Waals surface area contributed by atoms with Crippen LogP contribution >= 0.6 is 0 Å². The third kappa shape index (κ3) is 3.93. The van der Waals surface area contributed by atoms with E-state index < -0.39 is 0 Å². The van der Waals surface area contributed by atoms with Gasteiger partial charge in [-0.2, -0.15) is 5.26 Å². The van der Waals surface area contributed by atoms with Crippen LogP contribution in [-0.4, -0.2) is 57.5 Å². The number of piperidine rings is 1. The van der Waals surface area contributed by atoms with Crippen molar-refractivity contribution in [2.45, 2.75) is 18.9 Å². The van der Waals surface area contributed by atoms with Crippen LogP contribution in [0.1, 0.15) is 24.0 Å². The van der Waals surface area contributed by atoms with E-state index >= 15 is 0 Å². The molecule has 1 saturated heterocycles. The molecule has 0 amide bonds. The van der Waals surface area contributed by atoms with E-state index in [1.165, 1.54) is 0 Å². The van der Waals surface area contributed by atoms with Gasteiger partial charge < -0.3 is 9.80 Å². The number of hydrogen-bond acceptors (Lipinski definition) is 6. The highest BCUT2D eigenvalue weighted by molar-refractivity contribution is 5.91. The lowest BCUT2D eigenvalue weighted by Crippen LogP contribution is -2.43. The molecule has 0 unspecified atom stereocenters. The van der Waals surface area contributed by atoms with E-state index in [2.05, 4.69) is 52.0 Å². The van der Waals surface area contributed by atoms with Gasteiger partial charge in [0, 0.05) is 55.0 Å². The van der Waals surface area contributed by atoms with Crippen molar-refractivity contribution >= 4 is 17.7 Å². The molecular weight excluding hydrogens is 422 g/mol. The number of rotatable bonds is 5. The van der Waals surface area contributed by atoms with Crippen molar-refractivity contribution in [1.29, 1.82) is 5.26 Å². The molecular formula is C27H27N7. The molecule has 1 aliphatic rings. The molecule has 1 aliphatic heterocycles. The summed E-state index contributed by atoms with van der Waals surface area (Å²) in [6, 6.07) is 12.4. The zero-order chi connectivity index (χ0) is 23.7. The standard InChI is InChI=1S/C27H27N7/c1-4-19-15-22(18-29-17-19)24-25(21-7-5-20(16-28)6-8-21)31-27(34-14-11-30-26(24)34)33-12-9-23(10-13-33)32(2)3/h4-8,11,14-15,17-18,23H,1,9-10,12-13H2,2-3H3. The quantitative estimate of drug-likeness (QED) is 0.447. The van der Waals surface area contributed by atoms with Crippen LogP contribution in [0, 0.1) is 11.3 Å². The topological polar surface area (TPSA) is 73.4 Å². The second kappa shape index (κ2) is 9.08. The molecule has 7 nitrogen and oxygen atoms in total. The first-order chi connectivity index (χ1) is 16.6. The average molecular weight is 450 g/mol. The number of benzene rings is 1. The fraction of sp³-hybridized carbons (Fsp3) is 0.259. The van der Waals surface area contributed by atoms with Crippen LogP contribution in [0.25, 0.3) is 34.1 Å². The zero-order valence-electron chi connectivity index (χ0n) is 19.5. The predicted octanol–water partition coefficient (Wildman–Crippen LogP) is 4.50. The van der Waals surface area contributed by atoms with Gasteiger partial charge in [0.05, 0.1) is 22.9 Å². The summed E-state index contributed by atoms with van der Waals surface area (Å²) in [5.74, 6) is 0.889. The summed E-state index contributed by atoms with van der Waals surface area (Å²) in [5.41, 5.74) is 6.00. The molecule has 5 rings (SSSR count). The Kier molecular flexibility index (Phi) is 5.83. The molecule has 0 aliphatic carbocycles. The molecule has 4 aromatic rings. The van der Waals surface area contributed by atoms with Crippen molar-refractivity contribution in [3.63, 3.8) is 0 Å². The highest BCUT2D eigenvalue weighted by Crippen LogP contribution is 2.37. The minimum absolute atomic E-state index is 0.583. The summed E-state index contributed by atoms with van der Waals surface area (Å²) in [4.78, 5) is 19.1. The van der Waals surface area contributed by atoms with Crippen LogP contribution in [0.4, 0.5) is 5.95 Å². The van der Waals surface area contributed by atoms with Gasteiger partial charge in [0.2, 0.25) is 5.95 Å². The molecule has 0 saturated carbocycles. The van der Waals surface area contributed by atoms with Crippen molar-refractivity contribution in [3.8, 4) is 28.5 Å². The highest BCUT2D eigenvalue weighted by Gasteiger charge is 2.26. The van der Waals surface area contributed by atoms with E-state index in [9.17, 15) is 5.26 Å². The first-order valence-electron chi connectivity index (χ1n) is 11.5. The Morgan fingerprint density at radius 2 is 1.88 bits per heavy atom. The minimum atomic E-state index is 0.583. The lowest BCUT2D eigenvalue weighted by Gasteiger charge is -2.36. The number of nitriles is 1. The summed E-state index contributed by atoms with van der Waals surface area (Å²) < 4.78 is 2.08. The van der Waals surface area contributed by atoms with Crippen molar-refractivity contribution in [2.24, 2.45) is 0 Å². The molecule has 0 radical (unpaired) electrons. The Hall–Kier alpha value is -4.02. The van der Waals surface area contributed by atoms with Gasteiger partial charge >= 0.3 is 0 Å². The average Bonchev–Trinajstić information content (AvgIpc) is 3.37. The lowest BCUT2D eigenvalue weighted by atomic mass is 9.99. The van der Waals surface area contributed by atoms with Gasteiger partial charge in [-0.1, -0.05) is 24.8 Å². The van der Waals surface area contributed by atoms with E-state index in [0.717, 1.165) is 65.5 Å². The lowest BCUT2D eigenvalue weighted by molar-refractivity contribution is 0.249. The largest absolute Gasteiger partial charge is 0.342 e. The molecule has 1 aromatic carbocycles. The highest BCUT2D eigenvalue weighted by atomic mass is 15.3. The van der Waals surface area contributed by atoms with Gasteiger partial charge in [-0.25, -0.2) is 9.97 Å². The number of imidazole rings is 1. The molecule has 0 atom stereocenters. The van der Waals surface area contributed by atoms with Gasteiger partial charge in [-0.15, -0.1) is 0 Å². The summed E-state index contributed by atoms with van der Waals surface area (Å²) in [7, 11) is 4.30. The van der Waals surface area contributed by atoms with E-state index in [1.807, 2.05) is 42.9 Å². The summed E-state index contributed by atoms with van der Waals surface area (Å²) in [6.45, 7) is 5.76. The Bertz CT molecular complexity index is 1370. The summed E-state index contributed by atoms with van der Waals surface area (Å²) in [6.07, 6.45) is 11.4. The fourth-order valence-electron chi connectivity index (χ4n) is 4.65. The summed E-state index contributed by atoms with van der Waals surface area (Å²) >= 11 is 0. The van der Waals surface area contributed by atoms with Crippen molar-refractivity contribution in [1.82, 2.24) is 24.3 Å². The molecule has 0 N–H and O–H groups in total. The van der Waals surface area contributed by atoms with Gasteiger partial charge in [-0.3, -0.25) is 9.38 Å². The number of nitrogens with zero attached hydrogens (tertiary/aromatic N) is 7. The number of pyridine rings is 1. The molecule has 170 valence electrons. The number of hydrogen-bond donors (Lipinski definition) is 0. The van der Waals surface area contributed by atoms with Gasteiger partial charge in [-0.05, 0) is 50.7 Å². The van der Waals surface area contributed by atoms with Crippen molar-refractivity contribution < 1.29 is 0 Å². The van der Waals surface area contributed by atoms with E-state index in [1.54, 1.807) is 12.3 Å². The maximum Gasteiger partial charge on any atom is 0.211 e. The Morgan fingerprint density at radius 3 is 2.56 bits per heavy atom. The number of anilines is 1. The molecule has 7 heteroatoms. The molecule has 4 heterocycles. The van der Waals surface area contributed by atoms with Crippen LogP contribution in [0.5, 0.6) is 0 Å². The maximum atomic E-state index is 9.27. The van der Waals surface area contributed by atoms with Crippen LogP contribution in [0.15, 0.2) is 61.7 Å². The summed E-state index contributed by atoms with van der Waals surface area (Å²) in [5, 5.41) is 9.27. The first-order valence-corrected chi connectivity index (χ1v) is 11.5. The molecule has 1 fully saturated rings. The third-order valence-corrected chi connectivity index (χ3v) is 6.58. The van der Waals surface area contributed by atoms with Crippen LogP contribution < -0.4 is 4.90 Å². The minimum Gasteiger partial charge on any atom is -0.342 e. The van der Waals surface area contributed by atoms with Crippen LogP contribution in [0.2, 0.25) is 0 Å². The molecule has 0 spiro atoms. The van der Waals surface area contributed by atoms with Crippen LogP contribution in [0.3, 0.4) is 0 Å². The monoisotopic (exact) mass is 449 g/mol. The maximum absolute atomic E-state index is 9.27. The van der Waals surface area contributed by atoms with E-state index in [0.29, 0.717) is 11.6 Å². The smallest absolute Gasteiger partial charge is 0.211 e. The Balaban J connectivity index is 1.70. The first kappa shape index (κ1) is 21.8. The molecule has 0 bridgehead atoms. The van der Waals surface area contributed by atoms with Crippen molar-refractivity contribution in [2.75, 3.05) is 32.1 Å². The number of fused-ring (bicyclic) bond motifs is 1. The molecule has 3 aromatic heterocycles. The second-order valence-corrected chi connectivity index (χ2v) is 8.84. The Labute approximate surface area is 199 Å².